The van der Waals surface area contributed by atoms with Crippen molar-refractivity contribution in [3.63, 3.8) is 0 Å². The fraction of sp³-hybridized carbons (Fsp3) is 0.214. The lowest BCUT2D eigenvalue weighted by Gasteiger charge is -2.16. The van der Waals surface area contributed by atoms with Crippen molar-refractivity contribution in [2.45, 2.75) is 11.7 Å². The maximum absolute atomic E-state index is 14.3. The highest BCUT2D eigenvalue weighted by Gasteiger charge is 2.46. The first-order chi connectivity index (χ1) is 13.5. The number of alkyl halides is 6. The van der Waals surface area contributed by atoms with Crippen molar-refractivity contribution in [1.82, 2.24) is 9.13 Å². The van der Waals surface area contributed by atoms with E-state index >= 15 is 0 Å². The van der Waals surface area contributed by atoms with Gasteiger partial charge in [0.1, 0.15) is 17.6 Å². The van der Waals surface area contributed by atoms with Crippen LogP contribution >= 0.6 is 0 Å². The fourth-order valence-corrected chi connectivity index (χ4v) is 2.81. The molecule has 0 aliphatic rings. The van der Waals surface area contributed by atoms with Crippen LogP contribution in [0.2, 0.25) is 0 Å². The Labute approximate surface area is 161 Å². The van der Waals surface area contributed by atoms with Crippen molar-refractivity contribution < 1.29 is 39.2 Å². The molecule has 2 aromatic rings. The number of sulfonamides is 1. The molecule has 1 N–H and O–H groups in total. The Bertz CT molecular complexity index is 1280. The van der Waals surface area contributed by atoms with Crippen molar-refractivity contribution in [1.29, 1.82) is 5.26 Å². The topological polar surface area (TPSA) is 114 Å². The minimum atomic E-state index is -6.09. The molecule has 8 nitrogen and oxygen atoms in total. The normalized spacial score (nSPS) is 12.5. The molecule has 16 heteroatoms. The van der Waals surface area contributed by atoms with Crippen molar-refractivity contribution in [2.75, 3.05) is 4.72 Å². The third-order valence-corrected chi connectivity index (χ3v) is 4.71. The molecule has 0 aliphatic heterocycles. The zero-order valence-electron chi connectivity index (χ0n) is 14.3. The second-order valence-electron chi connectivity index (χ2n) is 5.55. The lowest BCUT2D eigenvalue weighted by atomic mass is 10.1. The molecule has 0 saturated carbocycles. The van der Waals surface area contributed by atoms with Crippen molar-refractivity contribution in [3.05, 3.63) is 56.1 Å². The van der Waals surface area contributed by atoms with Gasteiger partial charge in [-0.1, -0.05) is 0 Å². The molecule has 0 atom stereocenters. The van der Waals surface area contributed by atoms with E-state index in [1.54, 1.807) is 0 Å². The van der Waals surface area contributed by atoms with Crippen molar-refractivity contribution in [3.8, 4) is 11.8 Å². The molecule has 2 rings (SSSR count). The largest absolute Gasteiger partial charge is 0.516 e. The first-order valence-electron chi connectivity index (χ1n) is 7.24. The predicted octanol–water partition coefficient (Wildman–Crippen LogP) is 1.83. The van der Waals surface area contributed by atoms with Crippen LogP contribution in [0.3, 0.4) is 0 Å². The van der Waals surface area contributed by atoms with E-state index in [2.05, 4.69) is 0 Å². The molecule has 1 aromatic carbocycles. The molecule has 0 fully saturated rings. The number of nitrogens with zero attached hydrogens (tertiary/aromatic N) is 3. The summed E-state index contributed by atoms with van der Waals surface area (Å²) in [6, 6.07) is 1.54. The minimum Gasteiger partial charge on any atom is -0.292 e. The summed E-state index contributed by atoms with van der Waals surface area (Å²) in [5, 5.41) is 8.89. The smallest absolute Gasteiger partial charge is 0.292 e. The summed E-state index contributed by atoms with van der Waals surface area (Å²) in [7, 11) is -5.50. The molecular weight excluding hydrogens is 453 g/mol. The zero-order valence-corrected chi connectivity index (χ0v) is 15.1. The highest BCUT2D eigenvalue weighted by Crippen LogP contribution is 2.30. The number of halogens is 7. The van der Waals surface area contributed by atoms with Gasteiger partial charge in [0.05, 0.1) is 16.9 Å². The quantitative estimate of drug-likeness (QED) is 0.703. The molecule has 0 bridgehead atoms. The van der Waals surface area contributed by atoms with Gasteiger partial charge in [-0.15, -0.1) is 0 Å². The Morgan fingerprint density at radius 1 is 1.07 bits per heavy atom. The van der Waals surface area contributed by atoms with Gasteiger partial charge in [-0.25, -0.2) is 13.8 Å². The molecule has 0 aliphatic carbocycles. The Morgan fingerprint density at radius 2 is 1.63 bits per heavy atom. The van der Waals surface area contributed by atoms with Gasteiger partial charge in [0.15, 0.2) is 0 Å². The maximum Gasteiger partial charge on any atom is 0.516 e. The van der Waals surface area contributed by atoms with Gasteiger partial charge in [0.25, 0.3) is 5.56 Å². The van der Waals surface area contributed by atoms with Crippen LogP contribution in [0.5, 0.6) is 0 Å². The average molecular weight is 460 g/mol. The number of benzene rings is 1. The van der Waals surface area contributed by atoms with Gasteiger partial charge in [0.2, 0.25) is 0 Å². The van der Waals surface area contributed by atoms with Crippen molar-refractivity contribution >= 4 is 15.7 Å². The van der Waals surface area contributed by atoms with E-state index in [-0.39, 0.29) is 27.3 Å². The molecule has 30 heavy (non-hydrogen) atoms. The van der Waals surface area contributed by atoms with Gasteiger partial charge < -0.3 is 0 Å². The van der Waals surface area contributed by atoms with Crippen molar-refractivity contribution in [2.24, 2.45) is 7.05 Å². The first-order valence-corrected chi connectivity index (χ1v) is 8.73. The highest BCUT2D eigenvalue weighted by atomic mass is 32.2. The molecular formula is C14H7F7N4O4S. The van der Waals surface area contributed by atoms with Crippen LogP contribution in [0.1, 0.15) is 11.3 Å². The van der Waals surface area contributed by atoms with Gasteiger partial charge >= 0.3 is 27.4 Å². The number of hydrogen-bond donors (Lipinski definition) is 1. The number of hydrogen-bond acceptors (Lipinski definition) is 5. The van der Waals surface area contributed by atoms with Gasteiger partial charge in [0, 0.05) is 13.1 Å². The fourth-order valence-electron chi connectivity index (χ4n) is 2.23. The second-order valence-corrected chi connectivity index (χ2v) is 7.23. The van der Waals surface area contributed by atoms with Crippen LogP contribution in [0.15, 0.2) is 27.8 Å². The van der Waals surface area contributed by atoms with E-state index < -0.39 is 61.4 Å². The molecule has 0 amide bonds. The van der Waals surface area contributed by atoms with Gasteiger partial charge in [-0.2, -0.15) is 40.0 Å². The summed E-state index contributed by atoms with van der Waals surface area (Å²) in [4.78, 5) is 24.2. The molecule has 162 valence electrons. The zero-order chi connectivity index (χ0) is 23.2. The Kier molecular flexibility index (Phi) is 5.47. The summed E-state index contributed by atoms with van der Waals surface area (Å²) >= 11 is 0. The summed E-state index contributed by atoms with van der Waals surface area (Å²) in [5.41, 5.74) is -14.3. The van der Waals surface area contributed by atoms with Gasteiger partial charge in [-0.05, 0) is 12.1 Å². The van der Waals surface area contributed by atoms with E-state index in [0.29, 0.717) is 7.05 Å². The summed E-state index contributed by atoms with van der Waals surface area (Å²) < 4.78 is 114. The highest BCUT2D eigenvalue weighted by molar-refractivity contribution is 7.93. The number of aromatic nitrogens is 2. The molecule has 0 spiro atoms. The predicted molar refractivity (Wildman–Crippen MR) is 85.6 cm³/mol. The van der Waals surface area contributed by atoms with Crippen LogP contribution in [0, 0.1) is 17.1 Å². The van der Waals surface area contributed by atoms with Crippen LogP contribution in [-0.2, 0) is 23.2 Å². The molecule has 0 saturated heterocycles. The second kappa shape index (κ2) is 7.16. The van der Waals surface area contributed by atoms with Crippen LogP contribution in [-0.4, -0.2) is 23.1 Å². The lowest BCUT2D eigenvalue weighted by Crippen LogP contribution is -2.41. The Morgan fingerprint density at radius 3 is 2.10 bits per heavy atom. The van der Waals surface area contributed by atoms with Crippen LogP contribution in [0.25, 0.3) is 5.69 Å². The summed E-state index contributed by atoms with van der Waals surface area (Å²) in [6.45, 7) is 0. The van der Waals surface area contributed by atoms with E-state index in [1.165, 1.54) is 6.07 Å². The van der Waals surface area contributed by atoms with E-state index in [4.69, 9.17) is 5.26 Å². The number of anilines is 1. The van der Waals surface area contributed by atoms with E-state index in [1.807, 2.05) is 0 Å². The average Bonchev–Trinajstić information content (AvgIpc) is 2.58. The van der Waals surface area contributed by atoms with E-state index in [9.17, 15) is 48.7 Å². The molecule has 0 unspecified atom stereocenters. The molecule has 1 aromatic heterocycles. The molecule has 0 radical (unpaired) electrons. The number of nitrogens with one attached hydrogen (secondary N) is 1. The standard InChI is InChI=1S/C14H7F7N4O4S/c1-24-10(13(16,17)18)4-11(26)25(12(24)27)9-3-8(6(5-22)2-7(9)15)23-30(28,29)14(19,20)21/h2-4,23H,1H3. The van der Waals surface area contributed by atoms with E-state index in [0.717, 1.165) is 4.72 Å². The first kappa shape index (κ1) is 22.9. The Hall–Kier alpha value is -3.35. The lowest BCUT2D eigenvalue weighted by molar-refractivity contribution is -0.144. The number of rotatable bonds is 3. The minimum absolute atomic E-state index is 0.0708. The summed E-state index contributed by atoms with van der Waals surface area (Å²) in [6.07, 6.45) is -5.14. The third-order valence-electron chi connectivity index (χ3n) is 3.61. The SMILES string of the molecule is Cn1c(C(F)(F)F)cc(=O)n(-c2cc(NS(=O)(=O)C(F)(F)F)c(C#N)cc2F)c1=O. The maximum atomic E-state index is 14.3. The molecule has 1 heterocycles. The Balaban J connectivity index is 2.83. The van der Waals surface area contributed by atoms with Gasteiger partial charge in [-0.3, -0.25) is 14.1 Å². The number of nitriles is 1. The summed E-state index contributed by atoms with van der Waals surface area (Å²) in [5.74, 6) is -1.57. The van der Waals surface area contributed by atoms with Crippen LogP contribution < -0.4 is 16.0 Å². The monoisotopic (exact) mass is 460 g/mol. The third kappa shape index (κ3) is 4.01. The van der Waals surface area contributed by atoms with Crippen LogP contribution in [0.4, 0.5) is 36.4 Å².